The van der Waals surface area contributed by atoms with Gasteiger partial charge >= 0.3 is 11.3 Å². The first-order valence-electron chi connectivity index (χ1n) is 4.00. The van der Waals surface area contributed by atoms with Crippen LogP contribution >= 0.6 is 0 Å². The molecule has 15 heavy (non-hydrogen) atoms. The van der Waals surface area contributed by atoms with Crippen LogP contribution < -0.4 is 5.63 Å². The zero-order chi connectivity index (χ0) is 11.0. The fourth-order valence-electron chi connectivity index (χ4n) is 1.31. The number of aromatic hydroxyl groups is 1. The molecule has 0 spiro atoms. The first kappa shape index (κ1) is 9.20. The SMILES string of the molecule is O=c1oc2ccccc2c([N+](=O)[O-])c1O. The largest absolute Gasteiger partial charge is 0.497 e. The minimum atomic E-state index is -1.11. The van der Waals surface area contributed by atoms with E-state index >= 15 is 0 Å². The van der Waals surface area contributed by atoms with Crippen molar-refractivity contribution in [3.8, 4) is 5.75 Å². The number of nitro groups is 1. The van der Waals surface area contributed by atoms with Gasteiger partial charge in [0, 0.05) is 0 Å². The lowest BCUT2D eigenvalue weighted by Gasteiger charge is -1.98. The van der Waals surface area contributed by atoms with Gasteiger partial charge in [-0.2, -0.15) is 0 Å². The van der Waals surface area contributed by atoms with Crippen LogP contribution in [0.2, 0.25) is 0 Å². The van der Waals surface area contributed by atoms with Crippen LogP contribution in [0.3, 0.4) is 0 Å². The topological polar surface area (TPSA) is 93.6 Å². The van der Waals surface area contributed by atoms with E-state index in [0.29, 0.717) is 0 Å². The predicted octanol–water partition coefficient (Wildman–Crippen LogP) is 1.41. The highest BCUT2D eigenvalue weighted by Crippen LogP contribution is 2.30. The first-order chi connectivity index (χ1) is 7.11. The van der Waals surface area contributed by atoms with E-state index in [1.54, 1.807) is 12.1 Å². The molecule has 0 aliphatic carbocycles. The molecule has 0 saturated heterocycles. The molecule has 1 heterocycles. The van der Waals surface area contributed by atoms with Gasteiger partial charge < -0.3 is 9.52 Å². The fourth-order valence-corrected chi connectivity index (χ4v) is 1.31. The second-order valence-corrected chi connectivity index (χ2v) is 2.84. The van der Waals surface area contributed by atoms with Gasteiger partial charge in [0.1, 0.15) is 5.58 Å². The van der Waals surface area contributed by atoms with E-state index in [1.165, 1.54) is 12.1 Å². The summed E-state index contributed by atoms with van der Waals surface area (Å²) >= 11 is 0. The highest BCUT2D eigenvalue weighted by Gasteiger charge is 2.23. The highest BCUT2D eigenvalue weighted by atomic mass is 16.6. The summed E-state index contributed by atoms with van der Waals surface area (Å²) in [4.78, 5) is 20.9. The molecule has 0 aliphatic rings. The average Bonchev–Trinajstić information content (AvgIpc) is 2.19. The van der Waals surface area contributed by atoms with Gasteiger partial charge in [-0.15, -0.1) is 0 Å². The van der Waals surface area contributed by atoms with Gasteiger partial charge in [-0.25, -0.2) is 4.79 Å². The maximum Gasteiger partial charge on any atom is 0.386 e. The molecule has 0 unspecified atom stereocenters. The summed E-state index contributed by atoms with van der Waals surface area (Å²) in [5.74, 6) is -0.973. The van der Waals surface area contributed by atoms with E-state index in [9.17, 15) is 20.0 Å². The predicted molar refractivity (Wildman–Crippen MR) is 50.8 cm³/mol. The van der Waals surface area contributed by atoms with Crippen molar-refractivity contribution in [2.24, 2.45) is 0 Å². The second-order valence-electron chi connectivity index (χ2n) is 2.84. The number of rotatable bonds is 1. The molecule has 6 nitrogen and oxygen atoms in total. The van der Waals surface area contributed by atoms with Crippen molar-refractivity contribution in [3.05, 3.63) is 44.8 Å². The third-order valence-electron chi connectivity index (χ3n) is 1.95. The monoisotopic (exact) mass is 207 g/mol. The molecule has 0 bridgehead atoms. The molecular weight excluding hydrogens is 202 g/mol. The summed E-state index contributed by atoms with van der Waals surface area (Å²) in [5.41, 5.74) is -1.66. The van der Waals surface area contributed by atoms with E-state index in [0.717, 1.165) is 0 Å². The van der Waals surface area contributed by atoms with Gasteiger partial charge in [0.2, 0.25) is 0 Å². The average molecular weight is 207 g/mol. The van der Waals surface area contributed by atoms with Crippen LogP contribution in [0, 0.1) is 10.1 Å². The summed E-state index contributed by atoms with van der Waals surface area (Å²) in [6.07, 6.45) is 0. The van der Waals surface area contributed by atoms with Gasteiger partial charge in [-0.1, -0.05) is 12.1 Å². The van der Waals surface area contributed by atoms with Crippen LogP contribution in [0.25, 0.3) is 11.0 Å². The Hall–Kier alpha value is -2.37. The van der Waals surface area contributed by atoms with Crippen LogP contribution in [-0.4, -0.2) is 10.0 Å². The van der Waals surface area contributed by atoms with Crippen LogP contribution in [0.1, 0.15) is 0 Å². The minimum Gasteiger partial charge on any atom is -0.497 e. The lowest BCUT2D eigenvalue weighted by atomic mass is 10.2. The molecule has 0 saturated carbocycles. The van der Waals surface area contributed by atoms with E-state index in [2.05, 4.69) is 4.42 Å². The number of nitrogens with zero attached hydrogens (tertiary/aromatic N) is 1. The third kappa shape index (κ3) is 1.32. The van der Waals surface area contributed by atoms with E-state index < -0.39 is 22.0 Å². The summed E-state index contributed by atoms with van der Waals surface area (Å²) < 4.78 is 4.67. The van der Waals surface area contributed by atoms with Gasteiger partial charge in [0.15, 0.2) is 0 Å². The number of fused-ring (bicyclic) bond motifs is 1. The van der Waals surface area contributed by atoms with Crippen molar-refractivity contribution in [1.29, 1.82) is 0 Å². The molecule has 76 valence electrons. The maximum atomic E-state index is 11.0. The zero-order valence-corrected chi connectivity index (χ0v) is 7.34. The fraction of sp³-hybridized carbons (Fsp3) is 0. The summed E-state index contributed by atoms with van der Waals surface area (Å²) in [6.45, 7) is 0. The molecule has 6 heteroatoms. The van der Waals surface area contributed by atoms with Crippen LogP contribution in [-0.2, 0) is 0 Å². The number of benzene rings is 1. The second kappa shape index (κ2) is 3.09. The van der Waals surface area contributed by atoms with Gasteiger partial charge in [0.05, 0.1) is 10.3 Å². The molecule has 1 aromatic carbocycles. The Morgan fingerprint density at radius 2 is 2.00 bits per heavy atom. The molecule has 1 aromatic heterocycles. The van der Waals surface area contributed by atoms with Crippen molar-refractivity contribution >= 4 is 16.7 Å². The molecule has 2 aromatic rings. The number of hydrogen-bond donors (Lipinski definition) is 1. The summed E-state index contributed by atoms with van der Waals surface area (Å²) in [6, 6.07) is 5.94. The summed E-state index contributed by atoms with van der Waals surface area (Å²) in [7, 11) is 0. The Balaban J connectivity index is 3.02. The van der Waals surface area contributed by atoms with Crippen LogP contribution in [0.5, 0.6) is 5.75 Å². The molecule has 0 fully saturated rings. The van der Waals surface area contributed by atoms with Gasteiger partial charge in [0.25, 0.3) is 5.75 Å². The lowest BCUT2D eigenvalue weighted by Crippen LogP contribution is -2.02. The molecular formula is C9H5NO5. The molecule has 1 N–H and O–H groups in total. The molecule has 0 atom stereocenters. The normalized spacial score (nSPS) is 10.4. The summed E-state index contributed by atoms with van der Waals surface area (Å²) in [5, 5.41) is 20.0. The smallest absolute Gasteiger partial charge is 0.386 e. The maximum absolute atomic E-state index is 11.0. The third-order valence-corrected chi connectivity index (χ3v) is 1.95. The van der Waals surface area contributed by atoms with E-state index in [-0.39, 0.29) is 11.0 Å². The van der Waals surface area contributed by atoms with E-state index in [4.69, 9.17) is 0 Å². The Labute approximate surface area is 82.5 Å². The molecule has 2 rings (SSSR count). The molecule has 0 radical (unpaired) electrons. The minimum absolute atomic E-state index is 0.0759. The van der Waals surface area contributed by atoms with Crippen molar-refractivity contribution < 1.29 is 14.4 Å². The van der Waals surface area contributed by atoms with E-state index in [1.807, 2.05) is 0 Å². The Kier molecular flexibility index (Phi) is 1.89. The van der Waals surface area contributed by atoms with Crippen LogP contribution in [0.4, 0.5) is 5.69 Å². The standard InChI is InChI=1S/C9H5NO5/c11-8-7(10(13)14)5-3-1-2-4-6(5)15-9(8)12/h1-4,11H. The highest BCUT2D eigenvalue weighted by molar-refractivity contribution is 5.88. The van der Waals surface area contributed by atoms with Crippen LogP contribution in [0.15, 0.2) is 33.5 Å². The quantitative estimate of drug-likeness (QED) is 0.433. The zero-order valence-electron chi connectivity index (χ0n) is 7.34. The Bertz CT molecular complexity index is 601. The number of hydrogen-bond acceptors (Lipinski definition) is 5. The molecule has 0 amide bonds. The van der Waals surface area contributed by atoms with Gasteiger partial charge in [-0.05, 0) is 12.1 Å². The van der Waals surface area contributed by atoms with Crippen molar-refractivity contribution in [1.82, 2.24) is 0 Å². The van der Waals surface area contributed by atoms with Gasteiger partial charge in [-0.3, -0.25) is 10.1 Å². The molecule has 0 aliphatic heterocycles. The van der Waals surface area contributed by atoms with Crippen molar-refractivity contribution in [2.45, 2.75) is 0 Å². The van der Waals surface area contributed by atoms with Crippen molar-refractivity contribution in [3.63, 3.8) is 0 Å². The Morgan fingerprint density at radius 1 is 1.33 bits per heavy atom. The number of para-hydroxylation sites is 1. The van der Waals surface area contributed by atoms with Crippen molar-refractivity contribution in [2.75, 3.05) is 0 Å². The Morgan fingerprint density at radius 3 is 2.67 bits per heavy atom. The lowest BCUT2D eigenvalue weighted by molar-refractivity contribution is -0.384. The first-order valence-corrected chi connectivity index (χ1v) is 4.00.